The first-order chi connectivity index (χ1) is 7.23. The van der Waals surface area contributed by atoms with E-state index >= 15 is 0 Å². The van der Waals surface area contributed by atoms with Crippen molar-refractivity contribution in [1.82, 2.24) is 15.1 Å². The minimum atomic E-state index is -0.661. The Morgan fingerprint density at radius 2 is 1.75 bits per heavy atom. The van der Waals surface area contributed by atoms with Crippen LogP contribution in [0.2, 0.25) is 0 Å². The molecule has 16 heavy (non-hydrogen) atoms. The number of hydrogen-bond acceptors (Lipinski definition) is 4. The Hall–Kier alpha value is -0.160. The molecule has 0 aliphatic carbocycles. The fourth-order valence-corrected chi connectivity index (χ4v) is 1.51. The fourth-order valence-electron chi connectivity index (χ4n) is 1.51. The lowest BCUT2D eigenvalue weighted by molar-refractivity contribution is 0.0247. The van der Waals surface area contributed by atoms with Gasteiger partial charge in [0.25, 0.3) is 0 Å². The molecule has 4 nitrogen and oxygen atoms in total. The third-order valence-corrected chi connectivity index (χ3v) is 2.43. The number of likely N-dealkylation sites (N-methyl/N-ethyl adjacent to an activating group) is 2. The maximum Gasteiger partial charge on any atom is 0.0869 e. The highest BCUT2D eigenvalue weighted by Crippen LogP contribution is 2.04. The quantitative estimate of drug-likeness (QED) is 0.627. The lowest BCUT2D eigenvalue weighted by atomic mass is 10.1. The number of nitrogens with zero attached hydrogens (tertiary/aromatic N) is 2. The summed E-state index contributed by atoms with van der Waals surface area (Å²) in [6.07, 6.45) is 0. The fraction of sp³-hybridized carbons (Fsp3) is 1.00. The molecule has 0 aromatic rings. The molecule has 0 radical (unpaired) electrons. The Labute approximate surface area is 101 Å². The van der Waals surface area contributed by atoms with Gasteiger partial charge in [0.05, 0.1) is 5.60 Å². The molecule has 0 heterocycles. The third kappa shape index (κ3) is 9.09. The molecule has 0 aromatic carbocycles. The van der Waals surface area contributed by atoms with E-state index in [0.717, 1.165) is 13.1 Å². The van der Waals surface area contributed by atoms with Gasteiger partial charge >= 0.3 is 0 Å². The Kier molecular flexibility index (Phi) is 7.15. The van der Waals surface area contributed by atoms with Crippen molar-refractivity contribution in [3.05, 3.63) is 0 Å². The van der Waals surface area contributed by atoms with Gasteiger partial charge in [0.2, 0.25) is 0 Å². The van der Waals surface area contributed by atoms with Gasteiger partial charge in [0.15, 0.2) is 0 Å². The molecule has 2 N–H and O–H groups in total. The van der Waals surface area contributed by atoms with Gasteiger partial charge in [-0.05, 0) is 28.1 Å². The topological polar surface area (TPSA) is 38.7 Å². The first kappa shape index (κ1) is 15.8. The van der Waals surface area contributed by atoms with Crippen LogP contribution in [-0.4, -0.2) is 73.9 Å². The maximum absolute atomic E-state index is 10.2. The minimum absolute atomic E-state index is 0.415. The molecule has 4 heteroatoms. The molecule has 1 unspecified atom stereocenters. The standard InChI is InChI=1S/C12H29N3O/c1-11(2)13-9-12(3,16)10-15(6)8-7-14(4)5/h11,13,16H,7-10H2,1-6H3. The predicted octanol–water partition coefficient (Wildman–Crippen LogP) is 0.229. The Morgan fingerprint density at radius 3 is 2.19 bits per heavy atom. The van der Waals surface area contributed by atoms with Crippen molar-refractivity contribution in [2.75, 3.05) is 47.3 Å². The average Bonchev–Trinajstić information content (AvgIpc) is 2.11. The first-order valence-corrected chi connectivity index (χ1v) is 6.02. The summed E-state index contributed by atoms with van der Waals surface area (Å²) in [5, 5.41) is 13.5. The van der Waals surface area contributed by atoms with Crippen molar-refractivity contribution in [3.63, 3.8) is 0 Å². The molecule has 0 bridgehead atoms. The maximum atomic E-state index is 10.2. The van der Waals surface area contributed by atoms with Gasteiger partial charge in [0.1, 0.15) is 0 Å². The van der Waals surface area contributed by atoms with Crippen molar-refractivity contribution in [3.8, 4) is 0 Å². The normalized spacial score (nSPS) is 16.1. The van der Waals surface area contributed by atoms with Crippen molar-refractivity contribution in [2.45, 2.75) is 32.4 Å². The highest BCUT2D eigenvalue weighted by atomic mass is 16.3. The van der Waals surface area contributed by atoms with Crippen LogP contribution < -0.4 is 5.32 Å². The van der Waals surface area contributed by atoms with Crippen LogP contribution >= 0.6 is 0 Å². The lowest BCUT2D eigenvalue weighted by Crippen LogP contribution is -2.48. The van der Waals surface area contributed by atoms with Gasteiger partial charge in [-0.25, -0.2) is 0 Å². The van der Waals surface area contributed by atoms with Gasteiger partial charge in [-0.15, -0.1) is 0 Å². The molecule has 0 amide bonds. The second kappa shape index (κ2) is 7.22. The first-order valence-electron chi connectivity index (χ1n) is 6.02. The van der Waals surface area contributed by atoms with E-state index in [1.165, 1.54) is 0 Å². The van der Waals surface area contributed by atoms with Crippen molar-refractivity contribution in [2.24, 2.45) is 0 Å². The van der Waals surface area contributed by atoms with E-state index in [9.17, 15) is 5.11 Å². The Balaban J connectivity index is 3.85. The zero-order valence-electron chi connectivity index (χ0n) is 11.7. The Morgan fingerprint density at radius 1 is 1.19 bits per heavy atom. The van der Waals surface area contributed by atoms with Crippen LogP contribution in [0.3, 0.4) is 0 Å². The van der Waals surface area contributed by atoms with Crippen LogP contribution in [0.4, 0.5) is 0 Å². The third-order valence-electron chi connectivity index (χ3n) is 2.43. The molecule has 98 valence electrons. The second-order valence-corrected chi connectivity index (χ2v) is 5.57. The van der Waals surface area contributed by atoms with Crippen LogP contribution in [0.25, 0.3) is 0 Å². The van der Waals surface area contributed by atoms with Gasteiger partial charge in [-0.1, -0.05) is 13.8 Å². The largest absolute Gasteiger partial charge is 0.388 e. The number of hydrogen-bond donors (Lipinski definition) is 2. The molecule has 0 spiro atoms. The van der Waals surface area contributed by atoms with Gasteiger partial charge in [-0.3, -0.25) is 0 Å². The summed E-state index contributed by atoms with van der Waals surface area (Å²) in [5.74, 6) is 0. The highest BCUT2D eigenvalue weighted by molar-refractivity contribution is 4.79. The van der Waals surface area contributed by atoms with E-state index in [1.807, 2.05) is 14.0 Å². The summed E-state index contributed by atoms with van der Waals surface area (Å²) >= 11 is 0. The summed E-state index contributed by atoms with van der Waals surface area (Å²) in [4.78, 5) is 4.32. The SMILES string of the molecule is CC(C)NCC(C)(O)CN(C)CCN(C)C. The average molecular weight is 231 g/mol. The molecule has 1 atom stereocenters. The zero-order valence-corrected chi connectivity index (χ0v) is 11.7. The lowest BCUT2D eigenvalue weighted by Gasteiger charge is -2.30. The number of nitrogens with one attached hydrogen (secondary N) is 1. The number of rotatable bonds is 8. The minimum Gasteiger partial charge on any atom is -0.388 e. The van der Waals surface area contributed by atoms with E-state index in [-0.39, 0.29) is 0 Å². The Bertz CT molecular complexity index is 181. The van der Waals surface area contributed by atoms with Crippen LogP contribution in [0, 0.1) is 0 Å². The van der Waals surface area contributed by atoms with Gasteiger partial charge in [0, 0.05) is 32.2 Å². The van der Waals surface area contributed by atoms with Crippen molar-refractivity contribution < 1.29 is 5.11 Å². The summed E-state index contributed by atoms with van der Waals surface area (Å²) in [7, 11) is 6.17. The van der Waals surface area contributed by atoms with Crippen LogP contribution in [0.1, 0.15) is 20.8 Å². The van der Waals surface area contributed by atoms with E-state index in [1.54, 1.807) is 0 Å². The van der Waals surface area contributed by atoms with E-state index in [0.29, 0.717) is 19.1 Å². The molecule has 0 aromatic heterocycles. The van der Waals surface area contributed by atoms with Crippen LogP contribution in [0.5, 0.6) is 0 Å². The van der Waals surface area contributed by atoms with Gasteiger partial charge in [-0.2, -0.15) is 0 Å². The molecular weight excluding hydrogens is 202 g/mol. The molecular formula is C12H29N3O. The van der Waals surface area contributed by atoms with E-state index < -0.39 is 5.60 Å². The predicted molar refractivity (Wildman–Crippen MR) is 69.8 cm³/mol. The van der Waals surface area contributed by atoms with Crippen LogP contribution in [0.15, 0.2) is 0 Å². The summed E-state index contributed by atoms with van der Waals surface area (Å²) in [5.41, 5.74) is -0.661. The summed E-state index contributed by atoms with van der Waals surface area (Å²) < 4.78 is 0. The van der Waals surface area contributed by atoms with Gasteiger partial charge < -0.3 is 20.2 Å². The number of aliphatic hydroxyl groups is 1. The molecule has 0 saturated carbocycles. The second-order valence-electron chi connectivity index (χ2n) is 5.57. The van der Waals surface area contributed by atoms with Crippen molar-refractivity contribution in [1.29, 1.82) is 0 Å². The zero-order chi connectivity index (χ0) is 12.8. The summed E-state index contributed by atoms with van der Waals surface area (Å²) in [6.45, 7) is 9.39. The molecule has 0 aliphatic heterocycles. The summed E-state index contributed by atoms with van der Waals surface area (Å²) in [6, 6.07) is 0.415. The monoisotopic (exact) mass is 231 g/mol. The highest BCUT2D eigenvalue weighted by Gasteiger charge is 2.22. The van der Waals surface area contributed by atoms with E-state index in [2.05, 4.69) is 43.1 Å². The molecule has 0 aliphatic rings. The molecule has 0 fully saturated rings. The van der Waals surface area contributed by atoms with Crippen molar-refractivity contribution >= 4 is 0 Å². The van der Waals surface area contributed by atoms with E-state index in [4.69, 9.17) is 0 Å². The molecule has 0 rings (SSSR count). The molecule has 0 saturated heterocycles. The smallest absolute Gasteiger partial charge is 0.0869 e. The van der Waals surface area contributed by atoms with Crippen LogP contribution in [-0.2, 0) is 0 Å².